The van der Waals surface area contributed by atoms with Crippen molar-refractivity contribution in [2.45, 2.75) is 13.0 Å². The topological polar surface area (TPSA) is 44.1 Å². The van der Waals surface area contributed by atoms with Gasteiger partial charge in [-0.1, -0.05) is 0 Å². The molecule has 0 radical (unpaired) electrons. The van der Waals surface area contributed by atoms with Crippen molar-refractivity contribution in [3.8, 4) is 17.1 Å². The van der Waals surface area contributed by atoms with Gasteiger partial charge in [-0.25, -0.2) is 4.79 Å². The van der Waals surface area contributed by atoms with Gasteiger partial charge in [0.1, 0.15) is 0 Å². The van der Waals surface area contributed by atoms with Crippen molar-refractivity contribution in [2.24, 2.45) is 0 Å². The van der Waals surface area contributed by atoms with E-state index in [1.54, 1.807) is 15.9 Å². The van der Waals surface area contributed by atoms with E-state index in [1.807, 2.05) is 12.1 Å². The van der Waals surface area contributed by atoms with Gasteiger partial charge in [0, 0.05) is 29.5 Å². The van der Waals surface area contributed by atoms with E-state index < -0.39 is 0 Å². The molecular weight excluding hydrogens is 224 g/mol. The molecule has 0 atom stereocenters. The smallest absolute Gasteiger partial charge is 0.351 e. The van der Waals surface area contributed by atoms with Crippen LogP contribution in [0.4, 0.5) is 0 Å². The van der Waals surface area contributed by atoms with E-state index in [0.29, 0.717) is 12.4 Å². The zero-order valence-electron chi connectivity index (χ0n) is 8.77. The average Bonchev–Trinajstić information content (AvgIpc) is 2.77. The molecule has 82 valence electrons. The number of hydrogen-bond acceptors (Lipinski definition) is 4. The summed E-state index contributed by atoms with van der Waals surface area (Å²) in [5, 5.41) is 2.05. The van der Waals surface area contributed by atoms with E-state index in [4.69, 9.17) is 4.74 Å². The predicted octanol–water partition coefficient (Wildman–Crippen LogP) is 1.54. The molecular formula is C11H10N2O2S. The molecule has 0 unspecified atom stereocenters. The molecule has 0 N–H and O–H groups in total. The number of aromatic nitrogens is 2. The second-order valence-corrected chi connectivity index (χ2v) is 4.63. The molecule has 2 aromatic rings. The first kappa shape index (κ1) is 9.59. The Hall–Kier alpha value is -1.62. The van der Waals surface area contributed by atoms with Gasteiger partial charge in [0.15, 0.2) is 0 Å². The van der Waals surface area contributed by atoms with Crippen molar-refractivity contribution in [1.29, 1.82) is 0 Å². The molecule has 0 saturated heterocycles. The second kappa shape index (κ2) is 3.45. The SMILES string of the molecule is COc1cc2n(c(=O)n1)CCc1sccc1-2. The Balaban J connectivity index is 2.31. The molecule has 0 saturated carbocycles. The summed E-state index contributed by atoms with van der Waals surface area (Å²) in [4.78, 5) is 16.9. The number of rotatable bonds is 1. The molecule has 0 spiro atoms. The highest BCUT2D eigenvalue weighted by molar-refractivity contribution is 7.10. The summed E-state index contributed by atoms with van der Waals surface area (Å²) < 4.78 is 6.74. The Labute approximate surface area is 96.1 Å². The van der Waals surface area contributed by atoms with Gasteiger partial charge < -0.3 is 4.74 Å². The summed E-state index contributed by atoms with van der Waals surface area (Å²) in [6, 6.07) is 3.87. The Morgan fingerprint density at radius 1 is 1.56 bits per heavy atom. The van der Waals surface area contributed by atoms with Crippen LogP contribution >= 0.6 is 11.3 Å². The van der Waals surface area contributed by atoms with Crippen LogP contribution in [0.2, 0.25) is 0 Å². The summed E-state index contributed by atoms with van der Waals surface area (Å²) in [6.45, 7) is 0.707. The van der Waals surface area contributed by atoms with E-state index in [1.165, 1.54) is 12.0 Å². The van der Waals surface area contributed by atoms with Gasteiger partial charge in [-0.05, 0) is 11.4 Å². The molecule has 1 aliphatic rings. The van der Waals surface area contributed by atoms with Crippen LogP contribution in [0.5, 0.6) is 5.88 Å². The zero-order valence-corrected chi connectivity index (χ0v) is 9.58. The van der Waals surface area contributed by atoms with Crippen molar-refractivity contribution in [3.05, 3.63) is 32.9 Å². The molecule has 0 amide bonds. The Kier molecular flexibility index (Phi) is 2.07. The van der Waals surface area contributed by atoms with Crippen molar-refractivity contribution < 1.29 is 4.74 Å². The molecule has 3 rings (SSSR count). The fourth-order valence-electron chi connectivity index (χ4n) is 2.00. The molecule has 0 aliphatic carbocycles. The Morgan fingerprint density at radius 2 is 2.44 bits per heavy atom. The monoisotopic (exact) mass is 234 g/mol. The van der Waals surface area contributed by atoms with Gasteiger partial charge in [-0.2, -0.15) is 4.98 Å². The first-order valence-corrected chi connectivity index (χ1v) is 5.90. The van der Waals surface area contributed by atoms with Crippen LogP contribution in [-0.4, -0.2) is 16.7 Å². The highest BCUT2D eigenvalue weighted by atomic mass is 32.1. The molecule has 1 aliphatic heterocycles. The number of nitrogens with zero attached hydrogens (tertiary/aromatic N) is 2. The van der Waals surface area contributed by atoms with Crippen LogP contribution < -0.4 is 10.4 Å². The maximum absolute atomic E-state index is 11.8. The van der Waals surface area contributed by atoms with Gasteiger partial charge in [0.05, 0.1) is 12.8 Å². The van der Waals surface area contributed by atoms with Gasteiger partial charge in [0.2, 0.25) is 5.88 Å². The molecule has 5 heteroatoms. The van der Waals surface area contributed by atoms with E-state index in [9.17, 15) is 4.79 Å². The van der Waals surface area contributed by atoms with Gasteiger partial charge in [-0.15, -0.1) is 11.3 Å². The third-order valence-corrected chi connectivity index (χ3v) is 3.76. The molecule has 4 nitrogen and oxygen atoms in total. The highest BCUT2D eigenvalue weighted by Gasteiger charge is 2.19. The minimum absolute atomic E-state index is 0.230. The van der Waals surface area contributed by atoms with Crippen LogP contribution in [-0.2, 0) is 13.0 Å². The normalized spacial score (nSPS) is 13.1. The highest BCUT2D eigenvalue weighted by Crippen LogP contribution is 2.32. The summed E-state index contributed by atoms with van der Waals surface area (Å²) in [6.07, 6.45) is 0.911. The van der Waals surface area contributed by atoms with Crippen LogP contribution in [0.15, 0.2) is 22.3 Å². The lowest BCUT2D eigenvalue weighted by atomic mass is 10.1. The number of fused-ring (bicyclic) bond motifs is 3. The van der Waals surface area contributed by atoms with Gasteiger partial charge in [0.25, 0.3) is 0 Å². The number of methoxy groups -OCH3 is 1. The standard InChI is InChI=1S/C11H10N2O2S/c1-15-10-6-8-7-3-5-16-9(7)2-4-13(8)11(14)12-10/h3,5-6H,2,4H2,1H3. The average molecular weight is 234 g/mol. The number of ether oxygens (including phenoxy) is 1. The summed E-state index contributed by atoms with van der Waals surface area (Å²) >= 11 is 1.73. The number of thiophene rings is 1. The van der Waals surface area contributed by atoms with Crippen LogP contribution in [0.1, 0.15) is 4.88 Å². The van der Waals surface area contributed by atoms with Crippen molar-refractivity contribution in [2.75, 3.05) is 7.11 Å². The van der Waals surface area contributed by atoms with Crippen LogP contribution in [0.25, 0.3) is 11.3 Å². The minimum atomic E-state index is -0.230. The van der Waals surface area contributed by atoms with E-state index in [0.717, 1.165) is 17.7 Å². The number of aryl methyl sites for hydroxylation is 1. The van der Waals surface area contributed by atoms with Crippen molar-refractivity contribution in [3.63, 3.8) is 0 Å². The fourth-order valence-corrected chi connectivity index (χ4v) is 2.88. The minimum Gasteiger partial charge on any atom is -0.481 e. The van der Waals surface area contributed by atoms with E-state index in [2.05, 4.69) is 10.4 Å². The summed E-state index contributed by atoms with van der Waals surface area (Å²) in [5.74, 6) is 0.385. The maximum atomic E-state index is 11.8. The van der Waals surface area contributed by atoms with Gasteiger partial charge >= 0.3 is 5.69 Å². The third-order valence-electron chi connectivity index (χ3n) is 2.78. The summed E-state index contributed by atoms with van der Waals surface area (Å²) in [5.41, 5.74) is 1.82. The Bertz CT molecular complexity index is 600. The zero-order chi connectivity index (χ0) is 11.1. The molecule has 0 bridgehead atoms. The van der Waals surface area contributed by atoms with Crippen molar-refractivity contribution >= 4 is 11.3 Å². The third kappa shape index (κ3) is 1.28. The quantitative estimate of drug-likeness (QED) is 0.751. The van der Waals surface area contributed by atoms with E-state index >= 15 is 0 Å². The molecule has 0 aromatic carbocycles. The fraction of sp³-hybridized carbons (Fsp3) is 0.273. The first-order chi connectivity index (χ1) is 7.79. The molecule has 0 fully saturated rings. The lowest BCUT2D eigenvalue weighted by Crippen LogP contribution is -2.27. The van der Waals surface area contributed by atoms with E-state index in [-0.39, 0.29) is 5.69 Å². The Morgan fingerprint density at radius 3 is 3.25 bits per heavy atom. The van der Waals surface area contributed by atoms with Crippen LogP contribution in [0.3, 0.4) is 0 Å². The largest absolute Gasteiger partial charge is 0.481 e. The predicted molar refractivity (Wildman–Crippen MR) is 62.1 cm³/mol. The van der Waals surface area contributed by atoms with Crippen LogP contribution in [0, 0.1) is 0 Å². The second-order valence-electron chi connectivity index (χ2n) is 3.63. The first-order valence-electron chi connectivity index (χ1n) is 5.02. The lowest BCUT2D eigenvalue weighted by Gasteiger charge is -2.18. The maximum Gasteiger partial charge on any atom is 0.351 e. The molecule has 16 heavy (non-hydrogen) atoms. The summed E-state index contributed by atoms with van der Waals surface area (Å²) in [7, 11) is 1.52. The van der Waals surface area contributed by atoms with Crippen molar-refractivity contribution in [1.82, 2.24) is 9.55 Å². The number of hydrogen-bond donors (Lipinski definition) is 0. The molecule has 2 aromatic heterocycles. The molecule has 3 heterocycles. The lowest BCUT2D eigenvalue weighted by molar-refractivity contribution is 0.392. The van der Waals surface area contributed by atoms with Gasteiger partial charge in [-0.3, -0.25) is 4.57 Å².